The maximum Gasteiger partial charge on any atom is 0.0419 e. The smallest absolute Gasteiger partial charge is 0.0419 e. The third-order valence-electron chi connectivity index (χ3n) is 6.62. The Morgan fingerprint density at radius 1 is 0.611 bits per heavy atom. The lowest BCUT2D eigenvalue weighted by atomic mass is 9.82. The van der Waals surface area contributed by atoms with Crippen LogP contribution in [-0.2, 0) is 0 Å². The van der Waals surface area contributed by atoms with Crippen LogP contribution in [0.15, 0.2) is 84.9 Å². The van der Waals surface area contributed by atoms with E-state index >= 15 is 0 Å². The molecule has 0 aromatic heterocycles. The van der Waals surface area contributed by atoms with Gasteiger partial charge in [0, 0.05) is 54.5 Å². The molecule has 0 heterocycles. The largest absolute Gasteiger partial charge is 0.385 e. The Kier molecular flexibility index (Phi) is 10.2. The topological polar surface area (TPSA) is 27.3 Å². The summed E-state index contributed by atoms with van der Waals surface area (Å²) < 4.78 is 0. The van der Waals surface area contributed by atoms with Gasteiger partial charge in [-0.15, -0.1) is 0 Å². The van der Waals surface area contributed by atoms with Crippen molar-refractivity contribution in [3.8, 4) is 0 Å². The number of hydrogen-bond donors (Lipinski definition) is 2. The van der Waals surface area contributed by atoms with E-state index in [9.17, 15) is 0 Å². The molecule has 0 radical (unpaired) electrons. The normalized spacial score (nSPS) is 11.4. The minimum absolute atomic E-state index is 0.155. The minimum Gasteiger partial charge on any atom is -0.385 e. The molecule has 2 N–H and O–H groups in total. The third kappa shape index (κ3) is 6.02. The molecule has 0 aliphatic carbocycles. The lowest BCUT2D eigenvalue weighted by Crippen LogP contribution is -2.21. The van der Waals surface area contributed by atoms with Crippen LogP contribution < -0.4 is 15.5 Å². The Morgan fingerprint density at radius 3 is 1.72 bits per heavy atom. The monoisotopic (exact) mass is 481 g/mol. The van der Waals surface area contributed by atoms with E-state index < -0.39 is 0 Å². The van der Waals surface area contributed by atoms with Crippen molar-refractivity contribution in [1.29, 1.82) is 0 Å². The van der Waals surface area contributed by atoms with Gasteiger partial charge in [-0.2, -0.15) is 0 Å². The van der Waals surface area contributed by atoms with Crippen LogP contribution in [-0.4, -0.2) is 26.2 Å². The summed E-state index contributed by atoms with van der Waals surface area (Å²) in [6.45, 7) is 16.6. The Morgan fingerprint density at radius 2 is 1.17 bits per heavy atom. The van der Waals surface area contributed by atoms with E-state index in [1.54, 1.807) is 0 Å². The van der Waals surface area contributed by atoms with Gasteiger partial charge in [0.1, 0.15) is 0 Å². The molecular weight excluding hydrogens is 438 g/mol. The molecule has 0 fully saturated rings. The molecule has 0 spiro atoms. The molecule has 0 amide bonds. The van der Waals surface area contributed by atoms with E-state index in [1.165, 1.54) is 38.8 Å². The van der Waals surface area contributed by atoms with Crippen LogP contribution in [0, 0.1) is 0 Å². The zero-order valence-electron chi connectivity index (χ0n) is 22.9. The number of rotatable bonds is 10. The van der Waals surface area contributed by atoms with Crippen molar-refractivity contribution in [2.24, 2.45) is 0 Å². The Balaban J connectivity index is 0.00000176. The van der Waals surface area contributed by atoms with Crippen LogP contribution in [0.4, 0.5) is 17.1 Å². The molecule has 3 heteroatoms. The molecule has 0 aliphatic rings. The van der Waals surface area contributed by atoms with Gasteiger partial charge in [-0.1, -0.05) is 68.4 Å². The van der Waals surface area contributed by atoms with E-state index in [-0.39, 0.29) is 5.92 Å². The molecule has 3 nitrogen and oxygen atoms in total. The Labute approximate surface area is 218 Å². The van der Waals surface area contributed by atoms with Gasteiger partial charge in [0.15, 0.2) is 0 Å². The summed E-state index contributed by atoms with van der Waals surface area (Å²) in [7, 11) is 0. The summed E-state index contributed by atoms with van der Waals surface area (Å²) in [6.07, 6.45) is 0. The number of fused-ring (bicyclic) bond motifs is 1. The highest BCUT2D eigenvalue weighted by molar-refractivity contribution is 5.97. The van der Waals surface area contributed by atoms with Crippen molar-refractivity contribution in [1.82, 2.24) is 0 Å². The van der Waals surface area contributed by atoms with Crippen molar-refractivity contribution in [3.63, 3.8) is 0 Å². The number of anilines is 3. The molecular formula is C33H43N3. The fraction of sp³-hybridized carbons (Fsp3) is 0.333. The summed E-state index contributed by atoms with van der Waals surface area (Å²) in [6, 6.07) is 31.4. The molecule has 1 atom stereocenters. The molecule has 4 aromatic rings. The second kappa shape index (κ2) is 13.6. The number of nitrogens with one attached hydrogen (secondary N) is 2. The van der Waals surface area contributed by atoms with E-state index in [0.29, 0.717) is 0 Å². The lowest BCUT2D eigenvalue weighted by Gasteiger charge is -2.25. The number of hydrogen-bond acceptors (Lipinski definition) is 3. The predicted molar refractivity (Wildman–Crippen MR) is 161 cm³/mol. The first-order valence-electron chi connectivity index (χ1n) is 13.6. The molecule has 4 rings (SSSR count). The second-order valence-electron chi connectivity index (χ2n) is 8.63. The number of benzene rings is 4. The van der Waals surface area contributed by atoms with Crippen molar-refractivity contribution >= 4 is 27.8 Å². The molecule has 0 bridgehead atoms. The summed E-state index contributed by atoms with van der Waals surface area (Å²) in [5, 5.41) is 9.53. The molecule has 0 aliphatic heterocycles. The Bertz CT molecular complexity index is 1190. The fourth-order valence-corrected chi connectivity index (χ4v) is 4.93. The zero-order chi connectivity index (χ0) is 25.9. The SMILES string of the molecule is CC.CCNc1ccc(C(c2ccc(N(CC)CC)cc2)c2ccc(NCC)c3ccccc23)cc1. The first-order chi connectivity index (χ1) is 17.7. The molecule has 1 unspecified atom stereocenters. The Hall–Kier alpha value is -3.46. The average molecular weight is 482 g/mol. The van der Waals surface area contributed by atoms with Gasteiger partial charge in [0.25, 0.3) is 0 Å². The van der Waals surface area contributed by atoms with Gasteiger partial charge in [0.05, 0.1) is 0 Å². The maximum absolute atomic E-state index is 3.54. The maximum atomic E-state index is 3.54. The van der Waals surface area contributed by atoms with E-state index in [4.69, 9.17) is 0 Å². The highest BCUT2D eigenvalue weighted by Crippen LogP contribution is 2.39. The number of nitrogens with zero attached hydrogens (tertiary/aromatic N) is 1. The summed E-state index contributed by atoms with van der Waals surface area (Å²) in [5.74, 6) is 0.155. The van der Waals surface area contributed by atoms with Crippen LogP contribution >= 0.6 is 0 Å². The van der Waals surface area contributed by atoms with Crippen molar-refractivity contribution in [2.45, 2.75) is 47.5 Å². The van der Waals surface area contributed by atoms with Crippen LogP contribution in [0.3, 0.4) is 0 Å². The predicted octanol–water partition coefficient (Wildman–Crippen LogP) is 8.76. The molecule has 36 heavy (non-hydrogen) atoms. The zero-order valence-corrected chi connectivity index (χ0v) is 22.9. The fourth-order valence-electron chi connectivity index (χ4n) is 4.93. The average Bonchev–Trinajstić information content (AvgIpc) is 2.94. The van der Waals surface area contributed by atoms with Gasteiger partial charge >= 0.3 is 0 Å². The van der Waals surface area contributed by atoms with Crippen molar-refractivity contribution in [3.05, 3.63) is 102 Å². The second-order valence-corrected chi connectivity index (χ2v) is 8.63. The first-order valence-corrected chi connectivity index (χ1v) is 13.6. The van der Waals surface area contributed by atoms with E-state index in [2.05, 4.69) is 128 Å². The van der Waals surface area contributed by atoms with Gasteiger partial charge in [-0.3, -0.25) is 0 Å². The molecule has 0 saturated heterocycles. The first kappa shape index (κ1) is 27.1. The quantitative estimate of drug-likeness (QED) is 0.222. The highest BCUT2D eigenvalue weighted by atomic mass is 15.1. The standard InChI is InChI=1S/C31H37N3.C2H6/c1-5-32-25-17-13-23(14-18-25)31(24-15-19-26(20-16-24)34(7-3)8-4)29-21-22-30(33-6-2)28-12-10-9-11-27(28)29;1-2/h9-22,31-33H,5-8H2,1-4H3;1-2H3. The van der Waals surface area contributed by atoms with Crippen LogP contribution in [0.1, 0.15) is 64.2 Å². The van der Waals surface area contributed by atoms with Crippen molar-refractivity contribution in [2.75, 3.05) is 41.7 Å². The summed E-state index contributed by atoms with van der Waals surface area (Å²) >= 11 is 0. The molecule has 4 aromatic carbocycles. The molecule has 190 valence electrons. The van der Waals surface area contributed by atoms with Gasteiger partial charge in [-0.05, 0) is 80.1 Å². The van der Waals surface area contributed by atoms with Gasteiger partial charge in [-0.25, -0.2) is 0 Å². The summed E-state index contributed by atoms with van der Waals surface area (Å²) in [4.78, 5) is 2.39. The van der Waals surface area contributed by atoms with Crippen LogP contribution in [0.2, 0.25) is 0 Å². The van der Waals surface area contributed by atoms with Crippen LogP contribution in [0.5, 0.6) is 0 Å². The lowest BCUT2D eigenvalue weighted by molar-refractivity contribution is 0.864. The van der Waals surface area contributed by atoms with E-state index in [1.807, 2.05) is 13.8 Å². The minimum atomic E-state index is 0.155. The van der Waals surface area contributed by atoms with Gasteiger partial charge in [0.2, 0.25) is 0 Å². The van der Waals surface area contributed by atoms with E-state index in [0.717, 1.165) is 31.9 Å². The van der Waals surface area contributed by atoms with Gasteiger partial charge < -0.3 is 15.5 Å². The summed E-state index contributed by atoms with van der Waals surface area (Å²) in [5.41, 5.74) is 7.59. The molecule has 0 saturated carbocycles. The highest BCUT2D eigenvalue weighted by Gasteiger charge is 2.20. The third-order valence-corrected chi connectivity index (χ3v) is 6.62. The van der Waals surface area contributed by atoms with Crippen molar-refractivity contribution < 1.29 is 0 Å². The van der Waals surface area contributed by atoms with Crippen LogP contribution in [0.25, 0.3) is 10.8 Å².